The first-order chi connectivity index (χ1) is 4.29. The van der Waals surface area contributed by atoms with Crippen LogP contribution in [0.5, 0.6) is 0 Å². The van der Waals surface area contributed by atoms with E-state index in [1.165, 1.54) is 0 Å². The van der Waals surface area contributed by atoms with Gasteiger partial charge in [-0.3, -0.25) is 4.79 Å². The highest BCUT2D eigenvalue weighted by Crippen LogP contribution is 1.98. The zero-order valence-corrected chi connectivity index (χ0v) is 5.61. The summed E-state index contributed by atoms with van der Waals surface area (Å²) in [5.74, 6) is 0.746. The monoisotopic (exact) mass is 128 g/mol. The van der Waals surface area contributed by atoms with Gasteiger partial charge in [-0.25, -0.2) is 0 Å². The topological polar surface area (TPSA) is 41.1 Å². The first-order valence-electron chi connectivity index (χ1n) is 3.24. The normalized spacial score (nSPS) is 18.8. The Labute approximate surface area is 54.8 Å². The first kappa shape index (κ1) is 6.55. The Morgan fingerprint density at radius 2 is 2.44 bits per heavy atom. The van der Waals surface area contributed by atoms with E-state index in [0.717, 1.165) is 19.6 Å². The van der Waals surface area contributed by atoms with E-state index >= 15 is 0 Å². The maximum Gasteiger partial charge on any atom is 0.216 e. The Morgan fingerprint density at radius 1 is 1.78 bits per heavy atom. The van der Waals surface area contributed by atoms with Crippen molar-refractivity contribution in [2.75, 3.05) is 19.6 Å². The van der Waals surface area contributed by atoms with E-state index in [0.29, 0.717) is 5.92 Å². The molecule has 0 radical (unpaired) electrons. The van der Waals surface area contributed by atoms with Crippen molar-refractivity contribution in [1.29, 1.82) is 0 Å². The fourth-order valence-electron chi connectivity index (χ4n) is 0.781. The van der Waals surface area contributed by atoms with E-state index in [2.05, 4.69) is 10.6 Å². The van der Waals surface area contributed by atoms with Crippen molar-refractivity contribution in [2.45, 2.75) is 6.92 Å². The van der Waals surface area contributed by atoms with Gasteiger partial charge in [-0.05, 0) is 0 Å². The van der Waals surface area contributed by atoms with Crippen LogP contribution in [0.15, 0.2) is 0 Å². The van der Waals surface area contributed by atoms with E-state index in [1.54, 1.807) is 6.92 Å². The molecule has 0 aromatic carbocycles. The van der Waals surface area contributed by atoms with Gasteiger partial charge in [0.15, 0.2) is 0 Å². The van der Waals surface area contributed by atoms with Gasteiger partial charge >= 0.3 is 0 Å². The zero-order valence-electron chi connectivity index (χ0n) is 5.61. The summed E-state index contributed by atoms with van der Waals surface area (Å²) in [7, 11) is 0. The number of nitrogens with one attached hydrogen (secondary N) is 2. The van der Waals surface area contributed by atoms with Gasteiger partial charge in [-0.2, -0.15) is 0 Å². The lowest BCUT2D eigenvalue weighted by Gasteiger charge is -2.26. The van der Waals surface area contributed by atoms with Gasteiger partial charge in [0.2, 0.25) is 5.91 Å². The second kappa shape index (κ2) is 2.82. The van der Waals surface area contributed by atoms with Crippen molar-refractivity contribution < 1.29 is 4.79 Å². The fourth-order valence-corrected chi connectivity index (χ4v) is 0.781. The third kappa shape index (κ3) is 2.01. The Morgan fingerprint density at radius 3 is 2.78 bits per heavy atom. The average molecular weight is 128 g/mol. The average Bonchev–Trinajstić information content (AvgIpc) is 1.60. The van der Waals surface area contributed by atoms with Crippen LogP contribution in [-0.4, -0.2) is 25.5 Å². The molecule has 2 N–H and O–H groups in total. The van der Waals surface area contributed by atoms with Gasteiger partial charge in [0.05, 0.1) is 0 Å². The van der Waals surface area contributed by atoms with Crippen LogP contribution in [0.4, 0.5) is 0 Å². The molecule has 1 fully saturated rings. The van der Waals surface area contributed by atoms with Crippen molar-refractivity contribution in [3.63, 3.8) is 0 Å². The SMILES string of the molecule is CC(=O)NCC1CNC1. The van der Waals surface area contributed by atoms with Gasteiger partial charge < -0.3 is 10.6 Å². The lowest BCUT2D eigenvalue weighted by atomic mass is 10.0. The Hall–Kier alpha value is -0.570. The molecular formula is C6H12N2O. The zero-order chi connectivity index (χ0) is 6.69. The molecule has 3 heteroatoms. The van der Waals surface area contributed by atoms with Gasteiger partial charge in [0.25, 0.3) is 0 Å². The molecule has 1 aliphatic rings. The number of rotatable bonds is 2. The molecule has 0 atom stereocenters. The maximum absolute atomic E-state index is 10.4. The summed E-state index contributed by atoms with van der Waals surface area (Å²) in [6, 6.07) is 0. The van der Waals surface area contributed by atoms with E-state index in [1.807, 2.05) is 0 Å². The maximum atomic E-state index is 10.4. The molecule has 1 saturated heterocycles. The number of carbonyl (C=O) groups is 1. The molecule has 1 heterocycles. The molecule has 0 bridgehead atoms. The molecule has 0 saturated carbocycles. The minimum atomic E-state index is 0.0712. The molecule has 0 aromatic heterocycles. The molecule has 3 nitrogen and oxygen atoms in total. The predicted octanol–water partition coefficient (Wildman–Crippen LogP) is -0.658. The lowest BCUT2D eigenvalue weighted by molar-refractivity contribution is -0.119. The largest absolute Gasteiger partial charge is 0.356 e. The Bertz CT molecular complexity index is 110. The van der Waals surface area contributed by atoms with Crippen LogP contribution < -0.4 is 10.6 Å². The predicted molar refractivity (Wildman–Crippen MR) is 35.0 cm³/mol. The Kier molecular flexibility index (Phi) is 2.05. The Balaban J connectivity index is 1.97. The van der Waals surface area contributed by atoms with E-state index in [4.69, 9.17) is 0 Å². The third-order valence-corrected chi connectivity index (χ3v) is 1.51. The highest BCUT2D eigenvalue weighted by Gasteiger charge is 2.15. The van der Waals surface area contributed by atoms with Crippen LogP contribution >= 0.6 is 0 Å². The quantitative estimate of drug-likeness (QED) is 0.518. The summed E-state index contributed by atoms with van der Waals surface area (Å²) in [5.41, 5.74) is 0. The number of hydrogen-bond donors (Lipinski definition) is 2. The number of carbonyl (C=O) groups excluding carboxylic acids is 1. The standard InChI is InChI=1S/C6H12N2O/c1-5(9)8-4-6-2-7-3-6/h6-7H,2-4H2,1H3,(H,8,9). The highest BCUT2D eigenvalue weighted by molar-refractivity contribution is 5.72. The minimum absolute atomic E-state index is 0.0712. The summed E-state index contributed by atoms with van der Waals surface area (Å²) in [6.07, 6.45) is 0. The van der Waals surface area contributed by atoms with Crippen molar-refractivity contribution in [2.24, 2.45) is 5.92 Å². The molecule has 0 spiro atoms. The van der Waals surface area contributed by atoms with Gasteiger partial charge in [-0.15, -0.1) is 0 Å². The number of hydrogen-bond acceptors (Lipinski definition) is 2. The van der Waals surface area contributed by atoms with Crippen LogP contribution in [0.1, 0.15) is 6.92 Å². The molecule has 52 valence electrons. The summed E-state index contributed by atoms with van der Waals surface area (Å²) in [4.78, 5) is 10.4. The molecule has 9 heavy (non-hydrogen) atoms. The second-order valence-corrected chi connectivity index (χ2v) is 2.46. The van der Waals surface area contributed by atoms with E-state index in [9.17, 15) is 4.79 Å². The smallest absolute Gasteiger partial charge is 0.216 e. The third-order valence-electron chi connectivity index (χ3n) is 1.51. The van der Waals surface area contributed by atoms with Crippen LogP contribution in [0.25, 0.3) is 0 Å². The van der Waals surface area contributed by atoms with Crippen molar-refractivity contribution in [1.82, 2.24) is 10.6 Å². The summed E-state index contributed by atoms with van der Waals surface area (Å²) in [6.45, 7) is 4.50. The van der Waals surface area contributed by atoms with Crippen molar-refractivity contribution in [3.05, 3.63) is 0 Å². The fraction of sp³-hybridized carbons (Fsp3) is 0.833. The minimum Gasteiger partial charge on any atom is -0.356 e. The van der Waals surface area contributed by atoms with Crippen molar-refractivity contribution in [3.8, 4) is 0 Å². The van der Waals surface area contributed by atoms with Crippen molar-refractivity contribution >= 4 is 5.91 Å². The van der Waals surface area contributed by atoms with Crippen LogP contribution in [0.3, 0.4) is 0 Å². The summed E-state index contributed by atoms with van der Waals surface area (Å²) < 4.78 is 0. The second-order valence-electron chi connectivity index (χ2n) is 2.46. The lowest BCUT2D eigenvalue weighted by Crippen LogP contribution is -2.47. The van der Waals surface area contributed by atoms with Crippen LogP contribution in [0.2, 0.25) is 0 Å². The van der Waals surface area contributed by atoms with E-state index in [-0.39, 0.29) is 5.91 Å². The summed E-state index contributed by atoms with van der Waals surface area (Å²) in [5, 5.41) is 5.90. The molecule has 0 unspecified atom stereocenters. The molecular weight excluding hydrogens is 116 g/mol. The molecule has 1 aliphatic heterocycles. The molecule has 0 aromatic rings. The van der Waals surface area contributed by atoms with Gasteiger partial charge in [-0.1, -0.05) is 0 Å². The first-order valence-corrected chi connectivity index (χ1v) is 3.24. The number of amides is 1. The molecule has 1 amide bonds. The van der Waals surface area contributed by atoms with Crippen LogP contribution in [-0.2, 0) is 4.79 Å². The molecule has 0 aliphatic carbocycles. The van der Waals surface area contributed by atoms with Gasteiger partial charge in [0.1, 0.15) is 0 Å². The summed E-state index contributed by atoms with van der Waals surface area (Å²) >= 11 is 0. The van der Waals surface area contributed by atoms with E-state index < -0.39 is 0 Å². The van der Waals surface area contributed by atoms with Gasteiger partial charge in [0, 0.05) is 32.5 Å². The molecule has 1 rings (SSSR count). The van der Waals surface area contributed by atoms with Crippen LogP contribution in [0, 0.1) is 5.92 Å². The highest BCUT2D eigenvalue weighted by atomic mass is 16.1.